The maximum Gasteiger partial charge on any atom is 0.272 e. The van der Waals surface area contributed by atoms with E-state index in [1.165, 1.54) is 0 Å². The molecule has 0 radical (unpaired) electrons. The van der Waals surface area contributed by atoms with E-state index >= 15 is 0 Å². The lowest BCUT2D eigenvalue weighted by molar-refractivity contribution is -0.0961. The number of hydrogen-bond donors (Lipinski definition) is 1. The van der Waals surface area contributed by atoms with Gasteiger partial charge in [0.25, 0.3) is 5.91 Å². The third-order valence-electron chi connectivity index (χ3n) is 5.45. The summed E-state index contributed by atoms with van der Waals surface area (Å²) in [4.78, 5) is 14.8. The molecule has 4 rings (SSSR count). The molecule has 1 aliphatic carbocycles. The summed E-state index contributed by atoms with van der Waals surface area (Å²) in [6.45, 7) is 7.61. The molecule has 0 bridgehead atoms. The minimum Gasteiger partial charge on any atom is -0.386 e. The monoisotopic (exact) mass is 319 g/mol. The minimum atomic E-state index is -0.642. The number of rotatable bonds is 3. The molecule has 3 heterocycles. The van der Waals surface area contributed by atoms with Crippen molar-refractivity contribution < 1.29 is 14.6 Å². The first-order valence-corrected chi connectivity index (χ1v) is 8.69. The van der Waals surface area contributed by atoms with Crippen LogP contribution in [0.1, 0.15) is 61.5 Å². The zero-order valence-corrected chi connectivity index (χ0v) is 14.1. The number of aromatic nitrogens is 2. The summed E-state index contributed by atoms with van der Waals surface area (Å²) < 4.78 is 7.64. The maximum absolute atomic E-state index is 13.0. The quantitative estimate of drug-likeness (QED) is 0.917. The van der Waals surface area contributed by atoms with Crippen molar-refractivity contribution in [1.82, 2.24) is 14.7 Å². The SMILES string of the molecule is CCn1nc2c(c1C(=O)N1CC(O)(C3CC3)C1)C[C@H](C)O[C@@H]2C. The first-order chi connectivity index (χ1) is 10.9. The number of hydrogen-bond acceptors (Lipinski definition) is 4. The van der Waals surface area contributed by atoms with E-state index in [1.807, 2.05) is 20.8 Å². The van der Waals surface area contributed by atoms with E-state index < -0.39 is 5.60 Å². The van der Waals surface area contributed by atoms with Crippen LogP contribution in [0.4, 0.5) is 0 Å². The smallest absolute Gasteiger partial charge is 0.272 e. The number of likely N-dealkylation sites (tertiary alicyclic amines) is 1. The summed E-state index contributed by atoms with van der Waals surface area (Å²) in [6, 6.07) is 0. The van der Waals surface area contributed by atoms with Crippen molar-refractivity contribution in [3.05, 3.63) is 17.0 Å². The minimum absolute atomic E-state index is 0.00669. The molecule has 0 unspecified atom stereocenters. The molecule has 23 heavy (non-hydrogen) atoms. The zero-order chi connectivity index (χ0) is 16.4. The van der Waals surface area contributed by atoms with E-state index in [0.717, 1.165) is 30.5 Å². The van der Waals surface area contributed by atoms with Crippen LogP contribution in [0.25, 0.3) is 0 Å². The van der Waals surface area contributed by atoms with E-state index in [4.69, 9.17) is 4.74 Å². The Hall–Kier alpha value is -1.40. The molecule has 1 amide bonds. The second kappa shape index (κ2) is 5.05. The molecule has 2 atom stereocenters. The van der Waals surface area contributed by atoms with Crippen LogP contribution in [0.5, 0.6) is 0 Å². The molecule has 6 nitrogen and oxygen atoms in total. The van der Waals surface area contributed by atoms with Crippen molar-refractivity contribution in [2.75, 3.05) is 13.1 Å². The number of aliphatic hydroxyl groups is 1. The second-order valence-electron chi connectivity index (χ2n) is 7.36. The van der Waals surface area contributed by atoms with Crippen molar-refractivity contribution in [2.24, 2.45) is 5.92 Å². The highest BCUT2D eigenvalue weighted by molar-refractivity contribution is 5.95. The predicted octanol–water partition coefficient (Wildman–Crippen LogP) is 1.52. The van der Waals surface area contributed by atoms with Crippen LogP contribution in [-0.2, 0) is 17.7 Å². The molecule has 1 saturated heterocycles. The summed E-state index contributed by atoms with van der Waals surface area (Å²) in [5.41, 5.74) is 1.98. The fourth-order valence-corrected chi connectivity index (χ4v) is 4.05. The van der Waals surface area contributed by atoms with Crippen molar-refractivity contribution in [3.63, 3.8) is 0 Å². The van der Waals surface area contributed by atoms with Crippen LogP contribution >= 0.6 is 0 Å². The van der Waals surface area contributed by atoms with Gasteiger partial charge >= 0.3 is 0 Å². The van der Waals surface area contributed by atoms with Gasteiger partial charge in [0.05, 0.1) is 31.0 Å². The molecular weight excluding hydrogens is 294 g/mol. The fraction of sp³-hybridized carbons (Fsp3) is 0.765. The van der Waals surface area contributed by atoms with Gasteiger partial charge in [-0.25, -0.2) is 0 Å². The summed E-state index contributed by atoms with van der Waals surface area (Å²) in [7, 11) is 0. The van der Waals surface area contributed by atoms with Gasteiger partial charge < -0.3 is 14.7 Å². The summed E-state index contributed by atoms with van der Waals surface area (Å²) in [5, 5.41) is 15.1. The number of ether oxygens (including phenoxy) is 1. The van der Waals surface area contributed by atoms with Gasteiger partial charge in [0.15, 0.2) is 0 Å². The number of nitrogens with zero attached hydrogens (tertiary/aromatic N) is 3. The Balaban J connectivity index is 1.62. The molecular formula is C17H25N3O3. The van der Waals surface area contributed by atoms with E-state index in [1.54, 1.807) is 9.58 Å². The van der Waals surface area contributed by atoms with Gasteiger partial charge in [-0.15, -0.1) is 0 Å². The van der Waals surface area contributed by atoms with Gasteiger partial charge in [-0.3, -0.25) is 9.48 Å². The third kappa shape index (κ3) is 2.31. The molecule has 2 fully saturated rings. The lowest BCUT2D eigenvalue weighted by Crippen LogP contribution is -2.65. The van der Waals surface area contributed by atoms with E-state index in [2.05, 4.69) is 5.10 Å². The number of carbonyl (C=O) groups is 1. The highest BCUT2D eigenvalue weighted by atomic mass is 16.5. The molecule has 1 N–H and O–H groups in total. The molecule has 1 aromatic rings. The van der Waals surface area contributed by atoms with Crippen LogP contribution in [0, 0.1) is 5.92 Å². The van der Waals surface area contributed by atoms with Crippen LogP contribution < -0.4 is 0 Å². The Morgan fingerprint density at radius 3 is 2.70 bits per heavy atom. The average Bonchev–Trinajstić information content (AvgIpc) is 3.25. The topological polar surface area (TPSA) is 67.6 Å². The second-order valence-corrected chi connectivity index (χ2v) is 7.36. The molecule has 1 aromatic heterocycles. The summed E-state index contributed by atoms with van der Waals surface area (Å²) >= 11 is 0. The van der Waals surface area contributed by atoms with Crippen LogP contribution in [0.2, 0.25) is 0 Å². The molecule has 6 heteroatoms. The first kappa shape index (κ1) is 15.1. The van der Waals surface area contributed by atoms with Crippen LogP contribution in [0.15, 0.2) is 0 Å². The number of amides is 1. The third-order valence-corrected chi connectivity index (χ3v) is 5.45. The Morgan fingerprint density at radius 1 is 1.39 bits per heavy atom. The predicted molar refractivity (Wildman–Crippen MR) is 84.1 cm³/mol. The van der Waals surface area contributed by atoms with Crippen LogP contribution in [0.3, 0.4) is 0 Å². The van der Waals surface area contributed by atoms with E-state index in [9.17, 15) is 9.90 Å². The highest BCUT2D eigenvalue weighted by Gasteiger charge is 2.54. The lowest BCUT2D eigenvalue weighted by atomic mass is 9.88. The highest BCUT2D eigenvalue weighted by Crippen LogP contribution is 2.45. The van der Waals surface area contributed by atoms with E-state index in [-0.39, 0.29) is 18.1 Å². The van der Waals surface area contributed by atoms with Crippen molar-refractivity contribution in [1.29, 1.82) is 0 Å². The van der Waals surface area contributed by atoms with Crippen LogP contribution in [-0.4, -0.2) is 50.5 Å². The largest absolute Gasteiger partial charge is 0.386 e. The molecule has 0 spiro atoms. The molecule has 1 saturated carbocycles. The van der Waals surface area contributed by atoms with E-state index in [0.29, 0.717) is 31.2 Å². The summed E-state index contributed by atoms with van der Waals surface area (Å²) in [5.74, 6) is 0.400. The lowest BCUT2D eigenvalue weighted by Gasteiger charge is -2.47. The molecule has 2 aliphatic heterocycles. The number of β-amino-alcohol motifs (C(OH)–C–C–N with tert-alkyl or cyclic N) is 1. The van der Waals surface area contributed by atoms with Gasteiger partial charge in [-0.1, -0.05) is 0 Å². The van der Waals surface area contributed by atoms with Gasteiger partial charge in [0.1, 0.15) is 11.3 Å². The standard InChI is InChI=1S/C17H25N3O3/c1-4-20-15(13-7-10(2)23-11(3)14(13)18-20)16(21)19-8-17(22,9-19)12-5-6-12/h10-12,22H,4-9H2,1-3H3/t10-,11+/m0/s1. The van der Waals surface area contributed by atoms with Gasteiger partial charge in [0, 0.05) is 18.5 Å². The molecule has 3 aliphatic rings. The number of aryl methyl sites for hydroxylation is 1. The first-order valence-electron chi connectivity index (χ1n) is 8.69. The Bertz CT molecular complexity index is 644. The maximum atomic E-state index is 13.0. The fourth-order valence-electron chi connectivity index (χ4n) is 4.05. The molecule has 0 aromatic carbocycles. The van der Waals surface area contributed by atoms with Gasteiger partial charge in [-0.05, 0) is 39.5 Å². The Morgan fingerprint density at radius 2 is 2.09 bits per heavy atom. The Kier molecular flexibility index (Phi) is 3.32. The van der Waals surface area contributed by atoms with Crippen molar-refractivity contribution >= 4 is 5.91 Å². The number of fused-ring (bicyclic) bond motifs is 1. The normalized spacial score (nSPS) is 29.1. The van der Waals surface area contributed by atoms with Crippen molar-refractivity contribution in [3.8, 4) is 0 Å². The average molecular weight is 319 g/mol. The summed E-state index contributed by atoms with van der Waals surface area (Å²) in [6.07, 6.45) is 2.92. The van der Waals surface area contributed by atoms with Crippen molar-refractivity contribution in [2.45, 2.75) is 64.4 Å². The number of carbonyl (C=O) groups excluding carboxylic acids is 1. The molecule has 126 valence electrons. The van der Waals surface area contributed by atoms with Gasteiger partial charge in [0.2, 0.25) is 0 Å². The van der Waals surface area contributed by atoms with Gasteiger partial charge in [-0.2, -0.15) is 5.10 Å². The Labute approximate surface area is 136 Å². The zero-order valence-electron chi connectivity index (χ0n) is 14.1.